The minimum absolute atomic E-state index is 0.0717. The highest BCUT2D eigenvalue weighted by atomic mass is 19.1. The fourth-order valence-corrected chi connectivity index (χ4v) is 3.36. The van der Waals surface area contributed by atoms with Crippen molar-refractivity contribution in [2.24, 2.45) is 5.73 Å². The first-order chi connectivity index (χ1) is 12.7. The number of hydrogen-bond acceptors (Lipinski definition) is 2. The summed E-state index contributed by atoms with van der Waals surface area (Å²) in [6.45, 7) is 2.07. The molecule has 2 aromatic carbocycles. The van der Waals surface area contributed by atoms with Crippen LogP contribution in [0.1, 0.15) is 42.0 Å². The molecule has 0 radical (unpaired) electrons. The van der Waals surface area contributed by atoms with Crippen molar-refractivity contribution >= 4 is 6.03 Å². The fourth-order valence-electron chi connectivity index (χ4n) is 3.36. The van der Waals surface area contributed by atoms with E-state index in [2.05, 4.69) is 5.32 Å². The lowest BCUT2D eigenvalue weighted by atomic mass is 9.98. The van der Waals surface area contributed by atoms with Gasteiger partial charge in [-0.15, -0.1) is 0 Å². The summed E-state index contributed by atoms with van der Waals surface area (Å²) in [5.74, 6) is -0.293. The number of amides is 2. The van der Waals surface area contributed by atoms with E-state index in [-0.39, 0.29) is 17.9 Å². The molecule has 3 rings (SSSR count). The van der Waals surface area contributed by atoms with Crippen molar-refractivity contribution in [2.45, 2.75) is 38.3 Å². The van der Waals surface area contributed by atoms with Crippen LogP contribution in [0.3, 0.4) is 0 Å². The Bertz CT molecular complexity index is 726. The number of hydrogen-bond donors (Lipinski definition) is 2. The van der Waals surface area contributed by atoms with Crippen molar-refractivity contribution in [3.8, 4) is 0 Å². The number of rotatable bonds is 5. The Kier molecular flexibility index (Phi) is 6.23. The number of nitrogens with zero attached hydrogens (tertiary/aromatic N) is 1. The third kappa shape index (κ3) is 4.82. The predicted molar refractivity (Wildman–Crippen MR) is 101 cm³/mol. The fraction of sp³-hybridized carbons (Fsp3) is 0.381. The summed E-state index contributed by atoms with van der Waals surface area (Å²) in [4.78, 5) is 14.5. The van der Waals surface area contributed by atoms with Crippen molar-refractivity contribution in [2.75, 3.05) is 13.1 Å². The number of urea groups is 1. The van der Waals surface area contributed by atoms with Gasteiger partial charge in [-0.05, 0) is 54.5 Å². The first-order valence-electron chi connectivity index (χ1n) is 9.24. The number of piperidine rings is 1. The lowest BCUT2D eigenvalue weighted by molar-refractivity contribution is 0.182. The molecule has 1 saturated heterocycles. The van der Waals surface area contributed by atoms with Gasteiger partial charge in [-0.2, -0.15) is 0 Å². The maximum atomic E-state index is 13.7. The number of benzene rings is 2. The van der Waals surface area contributed by atoms with E-state index in [0.29, 0.717) is 13.0 Å². The van der Waals surface area contributed by atoms with Crippen LogP contribution in [0.4, 0.5) is 9.18 Å². The van der Waals surface area contributed by atoms with Crippen molar-refractivity contribution in [1.29, 1.82) is 0 Å². The van der Waals surface area contributed by atoms with E-state index in [1.807, 2.05) is 35.2 Å². The van der Waals surface area contributed by atoms with Crippen LogP contribution < -0.4 is 11.1 Å². The maximum Gasteiger partial charge on any atom is 0.317 e. The van der Waals surface area contributed by atoms with Gasteiger partial charge in [0.1, 0.15) is 5.82 Å². The molecule has 4 nitrogen and oxygen atoms in total. The molecule has 1 fully saturated rings. The zero-order valence-corrected chi connectivity index (χ0v) is 15.0. The van der Waals surface area contributed by atoms with E-state index >= 15 is 0 Å². The molecule has 1 heterocycles. The van der Waals surface area contributed by atoms with Crippen LogP contribution >= 0.6 is 0 Å². The van der Waals surface area contributed by atoms with Gasteiger partial charge in [-0.1, -0.05) is 36.4 Å². The standard InChI is InChI=1S/C21H26FN3O/c22-19-6-4-5-18(14-19)20(13-16-7-9-17(15-23)10-8-16)24-21(26)25-11-2-1-3-12-25/h4-10,14,20H,1-3,11-13,15,23H2,(H,24,26). The molecule has 3 N–H and O–H groups in total. The van der Waals surface area contributed by atoms with E-state index < -0.39 is 0 Å². The first kappa shape index (κ1) is 18.4. The molecule has 1 unspecified atom stereocenters. The maximum absolute atomic E-state index is 13.7. The third-order valence-electron chi connectivity index (χ3n) is 4.89. The molecule has 1 aliphatic rings. The molecule has 5 heteroatoms. The van der Waals surface area contributed by atoms with E-state index in [1.54, 1.807) is 6.07 Å². The van der Waals surface area contributed by atoms with Crippen LogP contribution in [-0.4, -0.2) is 24.0 Å². The molecular weight excluding hydrogens is 329 g/mol. The molecule has 0 bridgehead atoms. The minimum atomic E-state index is -0.293. The molecule has 1 aliphatic heterocycles. The Morgan fingerprint density at radius 3 is 2.42 bits per heavy atom. The Balaban J connectivity index is 1.77. The molecule has 0 saturated carbocycles. The number of nitrogens with one attached hydrogen (secondary N) is 1. The summed E-state index contributed by atoms with van der Waals surface area (Å²) in [5.41, 5.74) is 8.57. The van der Waals surface area contributed by atoms with Gasteiger partial charge in [0, 0.05) is 19.6 Å². The number of carbonyl (C=O) groups excluding carboxylic acids is 1. The van der Waals surface area contributed by atoms with Crippen LogP contribution in [0.25, 0.3) is 0 Å². The zero-order valence-electron chi connectivity index (χ0n) is 15.0. The van der Waals surface area contributed by atoms with Gasteiger partial charge in [0.25, 0.3) is 0 Å². The van der Waals surface area contributed by atoms with E-state index in [0.717, 1.165) is 42.6 Å². The van der Waals surface area contributed by atoms with Gasteiger partial charge >= 0.3 is 6.03 Å². The van der Waals surface area contributed by atoms with Gasteiger partial charge < -0.3 is 16.0 Å². The van der Waals surface area contributed by atoms with Crippen LogP contribution in [0.5, 0.6) is 0 Å². The van der Waals surface area contributed by atoms with Gasteiger partial charge in [0.05, 0.1) is 6.04 Å². The quantitative estimate of drug-likeness (QED) is 0.858. The molecule has 2 amide bonds. The summed E-state index contributed by atoms with van der Waals surface area (Å²) in [6, 6.07) is 14.1. The summed E-state index contributed by atoms with van der Waals surface area (Å²) < 4.78 is 13.7. The molecule has 0 spiro atoms. The van der Waals surface area contributed by atoms with Crippen LogP contribution in [0, 0.1) is 5.82 Å². The number of halogens is 1. The van der Waals surface area contributed by atoms with Gasteiger partial charge in [0.2, 0.25) is 0 Å². The van der Waals surface area contributed by atoms with Gasteiger partial charge in [0.15, 0.2) is 0 Å². The van der Waals surface area contributed by atoms with E-state index in [4.69, 9.17) is 5.73 Å². The molecule has 1 atom stereocenters. The largest absolute Gasteiger partial charge is 0.331 e. The second kappa shape index (κ2) is 8.81. The lowest BCUT2D eigenvalue weighted by Crippen LogP contribution is -2.44. The first-order valence-corrected chi connectivity index (χ1v) is 9.24. The molecule has 2 aromatic rings. The van der Waals surface area contributed by atoms with Crippen molar-refractivity contribution in [1.82, 2.24) is 10.2 Å². The highest BCUT2D eigenvalue weighted by Crippen LogP contribution is 2.21. The van der Waals surface area contributed by atoms with Crippen molar-refractivity contribution in [3.63, 3.8) is 0 Å². The highest BCUT2D eigenvalue weighted by Gasteiger charge is 2.21. The number of carbonyl (C=O) groups is 1. The van der Waals surface area contributed by atoms with Crippen molar-refractivity contribution in [3.05, 3.63) is 71.0 Å². The summed E-state index contributed by atoms with van der Waals surface area (Å²) in [7, 11) is 0. The average molecular weight is 355 g/mol. The topological polar surface area (TPSA) is 58.4 Å². The predicted octanol–water partition coefficient (Wildman–Crippen LogP) is 3.76. The second-order valence-electron chi connectivity index (χ2n) is 6.83. The van der Waals surface area contributed by atoms with Crippen LogP contribution in [0.15, 0.2) is 48.5 Å². The summed E-state index contributed by atoms with van der Waals surface area (Å²) in [5, 5.41) is 3.10. The van der Waals surface area contributed by atoms with Crippen molar-refractivity contribution < 1.29 is 9.18 Å². The van der Waals surface area contributed by atoms with Crippen LogP contribution in [0.2, 0.25) is 0 Å². The average Bonchev–Trinajstić information content (AvgIpc) is 2.68. The molecule has 0 aliphatic carbocycles. The molecule has 26 heavy (non-hydrogen) atoms. The number of nitrogens with two attached hydrogens (primary N) is 1. The van der Waals surface area contributed by atoms with E-state index in [9.17, 15) is 9.18 Å². The highest BCUT2D eigenvalue weighted by molar-refractivity contribution is 5.74. The normalized spacial score (nSPS) is 15.5. The second-order valence-corrected chi connectivity index (χ2v) is 6.83. The molecule has 138 valence electrons. The zero-order chi connectivity index (χ0) is 18.4. The lowest BCUT2D eigenvalue weighted by Gasteiger charge is -2.29. The Hall–Kier alpha value is -2.40. The van der Waals surface area contributed by atoms with E-state index in [1.165, 1.54) is 18.6 Å². The number of likely N-dealkylation sites (tertiary alicyclic amines) is 1. The smallest absolute Gasteiger partial charge is 0.317 e. The summed E-state index contributed by atoms with van der Waals surface area (Å²) >= 11 is 0. The Labute approximate surface area is 154 Å². The third-order valence-corrected chi connectivity index (χ3v) is 4.89. The minimum Gasteiger partial charge on any atom is -0.331 e. The van der Waals surface area contributed by atoms with Gasteiger partial charge in [-0.3, -0.25) is 0 Å². The Morgan fingerprint density at radius 2 is 1.77 bits per heavy atom. The molecular formula is C21H26FN3O. The Morgan fingerprint density at radius 1 is 1.08 bits per heavy atom. The summed E-state index contributed by atoms with van der Waals surface area (Å²) in [6.07, 6.45) is 3.86. The monoisotopic (exact) mass is 355 g/mol. The van der Waals surface area contributed by atoms with Gasteiger partial charge in [-0.25, -0.2) is 9.18 Å². The molecule has 0 aromatic heterocycles. The van der Waals surface area contributed by atoms with Crippen LogP contribution in [-0.2, 0) is 13.0 Å². The SMILES string of the molecule is NCc1ccc(CC(NC(=O)N2CCCCC2)c2cccc(F)c2)cc1.